The van der Waals surface area contributed by atoms with Crippen molar-refractivity contribution in [3.05, 3.63) is 54.1 Å². The average Bonchev–Trinajstić information content (AvgIpc) is 3.44. The highest BCUT2D eigenvalue weighted by atomic mass is 32.2. The average molecular weight is 397 g/mol. The van der Waals surface area contributed by atoms with Crippen LogP contribution in [0.1, 0.15) is 36.2 Å². The number of hydrogen-bond donors (Lipinski definition) is 1. The molecule has 2 aromatic carbocycles. The second-order valence-corrected chi connectivity index (χ2v) is 8.92. The van der Waals surface area contributed by atoms with Crippen molar-refractivity contribution >= 4 is 21.4 Å². The van der Waals surface area contributed by atoms with Gasteiger partial charge in [0, 0.05) is 16.8 Å². The van der Waals surface area contributed by atoms with Crippen molar-refractivity contribution in [2.24, 2.45) is 0 Å². The van der Waals surface area contributed by atoms with Crippen LogP contribution in [0.15, 0.2) is 53.4 Å². The second kappa shape index (κ2) is 7.16. The van der Waals surface area contributed by atoms with Gasteiger partial charge in [0.05, 0.1) is 16.7 Å². The summed E-state index contributed by atoms with van der Waals surface area (Å²) in [5.41, 5.74) is 1.81. The summed E-state index contributed by atoms with van der Waals surface area (Å²) in [6.45, 7) is 1.59. The van der Waals surface area contributed by atoms with E-state index in [2.05, 4.69) is 20.8 Å². The van der Waals surface area contributed by atoms with E-state index in [1.165, 1.54) is 24.3 Å². The first-order chi connectivity index (χ1) is 13.5. The molecular weight excluding hydrogens is 378 g/mol. The lowest BCUT2D eigenvalue weighted by molar-refractivity contribution is 0.102. The van der Waals surface area contributed by atoms with Crippen LogP contribution in [-0.2, 0) is 9.84 Å². The number of rotatable bonds is 6. The molecule has 28 heavy (non-hydrogen) atoms. The van der Waals surface area contributed by atoms with Gasteiger partial charge in [-0.3, -0.25) is 4.79 Å². The first kappa shape index (κ1) is 18.3. The Morgan fingerprint density at radius 3 is 2.61 bits per heavy atom. The zero-order valence-electron chi connectivity index (χ0n) is 15.2. The number of sulfone groups is 1. The zero-order valence-corrected chi connectivity index (χ0v) is 16.1. The Balaban J connectivity index is 1.53. The van der Waals surface area contributed by atoms with E-state index >= 15 is 0 Å². The van der Waals surface area contributed by atoms with Crippen molar-refractivity contribution in [2.75, 3.05) is 11.1 Å². The van der Waals surface area contributed by atoms with Crippen LogP contribution in [0.3, 0.4) is 0 Å². The van der Waals surface area contributed by atoms with Gasteiger partial charge in [-0.15, -0.1) is 5.10 Å². The van der Waals surface area contributed by atoms with Gasteiger partial charge < -0.3 is 5.32 Å². The van der Waals surface area contributed by atoms with Gasteiger partial charge >= 0.3 is 0 Å². The van der Waals surface area contributed by atoms with Gasteiger partial charge in [-0.1, -0.05) is 19.1 Å². The third kappa shape index (κ3) is 3.65. The molecule has 1 aromatic heterocycles. The zero-order chi connectivity index (χ0) is 19.7. The highest BCUT2D eigenvalue weighted by Gasteiger charge is 2.28. The van der Waals surface area contributed by atoms with E-state index < -0.39 is 9.84 Å². The molecule has 1 N–H and O–H groups in total. The van der Waals surface area contributed by atoms with Gasteiger partial charge in [0.1, 0.15) is 0 Å². The Morgan fingerprint density at radius 2 is 1.93 bits per heavy atom. The number of aromatic nitrogens is 4. The van der Waals surface area contributed by atoms with Gasteiger partial charge in [-0.2, -0.15) is 0 Å². The van der Waals surface area contributed by atoms with Crippen LogP contribution in [0.4, 0.5) is 5.69 Å². The van der Waals surface area contributed by atoms with Crippen molar-refractivity contribution < 1.29 is 13.2 Å². The van der Waals surface area contributed by atoms with E-state index in [4.69, 9.17) is 0 Å². The minimum atomic E-state index is -3.29. The lowest BCUT2D eigenvalue weighted by Gasteiger charge is -2.08. The monoisotopic (exact) mass is 397 g/mol. The SMILES string of the molecule is CCS(=O)(=O)c1ccc(C(=O)Nc2cccc(-c3nnnn3C3CC3)c2)cc1. The van der Waals surface area contributed by atoms with Crippen molar-refractivity contribution in [3.8, 4) is 11.4 Å². The summed E-state index contributed by atoms with van der Waals surface area (Å²) < 4.78 is 25.6. The molecule has 1 heterocycles. The smallest absolute Gasteiger partial charge is 0.255 e. The molecule has 1 fully saturated rings. The number of carbonyl (C=O) groups is 1. The molecule has 1 saturated carbocycles. The van der Waals surface area contributed by atoms with Crippen LogP contribution in [0.5, 0.6) is 0 Å². The summed E-state index contributed by atoms with van der Waals surface area (Å²) >= 11 is 0. The first-order valence-corrected chi connectivity index (χ1v) is 10.7. The molecule has 9 heteroatoms. The van der Waals surface area contributed by atoms with Crippen LogP contribution in [0.2, 0.25) is 0 Å². The van der Waals surface area contributed by atoms with E-state index in [-0.39, 0.29) is 16.6 Å². The van der Waals surface area contributed by atoms with E-state index in [0.717, 1.165) is 18.4 Å². The highest BCUT2D eigenvalue weighted by Crippen LogP contribution is 2.36. The third-order valence-electron chi connectivity index (χ3n) is 4.62. The van der Waals surface area contributed by atoms with Crippen molar-refractivity contribution in [1.82, 2.24) is 20.2 Å². The standard InChI is InChI=1S/C19H19N5O3S/c1-2-28(26,27)17-10-6-13(7-11-17)19(25)20-15-5-3-4-14(12-15)18-21-22-23-24(18)16-8-9-16/h3-7,10-12,16H,2,8-9H2,1H3,(H,20,25). The fourth-order valence-electron chi connectivity index (χ4n) is 2.87. The minimum Gasteiger partial charge on any atom is -0.322 e. The Labute approximate surface area is 162 Å². The third-order valence-corrected chi connectivity index (χ3v) is 6.37. The van der Waals surface area contributed by atoms with E-state index in [0.29, 0.717) is 23.1 Å². The topological polar surface area (TPSA) is 107 Å². The lowest BCUT2D eigenvalue weighted by atomic mass is 10.1. The van der Waals surface area contributed by atoms with E-state index in [1.807, 2.05) is 22.9 Å². The molecule has 4 rings (SSSR count). The number of carbonyl (C=O) groups excluding carboxylic acids is 1. The van der Waals surface area contributed by atoms with Crippen LogP contribution >= 0.6 is 0 Å². The van der Waals surface area contributed by atoms with Crippen LogP contribution in [-0.4, -0.2) is 40.3 Å². The summed E-state index contributed by atoms with van der Waals surface area (Å²) in [5, 5.41) is 14.7. The van der Waals surface area contributed by atoms with Crippen LogP contribution < -0.4 is 5.32 Å². The molecule has 0 unspecified atom stereocenters. The van der Waals surface area contributed by atoms with Gasteiger partial charge in [-0.05, 0) is 59.7 Å². The fourth-order valence-corrected chi connectivity index (χ4v) is 3.75. The number of amides is 1. The molecule has 0 bridgehead atoms. The molecule has 0 saturated heterocycles. The van der Waals surface area contributed by atoms with Crippen LogP contribution in [0, 0.1) is 0 Å². The maximum atomic E-state index is 12.5. The van der Waals surface area contributed by atoms with Crippen molar-refractivity contribution in [1.29, 1.82) is 0 Å². The molecule has 0 atom stereocenters. The number of nitrogens with one attached hydrogen (secondary N) is 1. The fraction of sp³-hybridized carbons (Fsp3) is 0.263. The second-order valence-electron chi connectivity index (χ2n) is 6.64. The Kier molecular flexibility index (Phi) is 4.68. The number of hydrogen-bond acceptors (Lipinski definition) is 6. The molecule has 144 valence electrons. The predicted molar refractivity (Wildman–Crippen MR) is 104 cm³/mol. The Bertz CT molecular complexity index is 1120. The molecule has 1 aliphatic rings. The molecule has 8 nitrogen and oxygen atoms in total. The Morgan fingerprint density at radius 1 is 1.18 bits per heavy atom. The summed E-state index contributed by atoms with van der Waals surface area (Å²) in [4.78, 5) is 12.7. The normalized spacial score (nSPS) is 14.0. The molecule has 3 aromatic rings. The first-order valence-electron chi connectivity index (χ1n) is 9.00. The van der Waals surface area contributed by atoms with Gasteiger partial charge in [0.25, 0.3) is 5.91 Å². The van der Waals surface area contributed by atoms with Gasteiger partial charge in [-0.25, -0.2) is 13.1 Å². The van der Waals surface area contributed by atoms with Gasteiger partial charge in [0.2, 0.25) is 0 Å². The molecule has 0 aliphatic heterocycles. The maximum absolute atomic E-state index is 12.5. The molecule has 1 aliphatic carbocycles. The van der Waals surface area contributed by atoms with Crippen molar-refractivity contribution in [2.45, 2.75) is 30.7 Å². The number of benzene rings is 2. The predicted octanol–water partition coefficient (Wildman–Crippen LogP) is 2.72. The maximum Gasteiger partial charge on any atom is 0.255 e. The summed E-state index contributed by atoms with van der Waals surface area (Å²) in [6.07, 6.45) is 2.14. The summed E-state index contributed by atoms with van der Waals surface area (Å²) in [5.74, 6) is 0.373. The summed E-state index contributed by atoms with van der Waals surface area (Å²) in [7, 11) is -3.29. The number of nitrogens with zero attached hydrogens (tertiary/aromatic N) is 4. The molecule has 1 amide bonds. The summed E-state index contributed by atoms with van der Waals surface area (Å²) in [6, 6.07) is 13.6. The minimum absolute atomic E-state index is 0.0195. The molecule has 0 spiro atoms. The molecular formula is C19H19N5O3S. The highest BCUT2D eigenvalue weighted by molar-refractivity contribution is 7.91. The quantitative estimate of drug-likeness (QED) is 0.685. The lowest BCUT2D eigenvalue weighted by Crippen LogP contribution is -2.12. The van der Waals surface area contributed by atoms with Gasteiger partial charge in [0.15, 0.2) is 15.7 Å². The van der Waals surface area contributed by atoms with E-state index in [1.54, 1.807) is 13.0 Å². The largest absolute Gasteiger partial charge is 0.322 e. The molecule has 0 radical (unpaired) electrons. The van der Waals surface area contributed by atoms with E-state index in [9.17, 15) is 13.2 Å². The van der Waals surface area contributed by atoms with Crippen LogP contribution in [0.25, 0.3) is 11.4 Å². The number of tetrazole rings is 1. The Hall–Kier alpha value is -3.07. The number of anilines is 1. The van der Waals surface area contributed by atoms with Crippen molar-refractivity contribution in [3.63, 3.8) is 0 Å².